The number of benzene rings is 1. The van der Waals surface area contributed by atoms with E-state index in [1.807, 2.05) is 6.92 Å². The normalized spacial score (nSPS) is 11.6. The molecule has 0 saturated carbocycles. The summed E-state index contributed by atoms with van der Waals surface area (Å²) in [5, 5.41) is 24.5. The fourth-order valence-electron chi connectivity index (χ4n) is 2.85. The maximum Gasteiger partial charge on any atom is 0.350 e. The number of carbonyl (C=O) groups excluding carboxylic acids is 2. The largest absolute Gasteiger partial charge is 0.475 e. The number of aromatic nitrogens is 4. The van der Waals surface area contributed by atoms with Gasteiger partial charge in [0.1, 0.15) is 17.9 Å². The lowest BCUT2D eigenvalue weighted by molar-refractivity contribution is -0.385. The maximum absolute atomic E-state index is 12.6. The van der Waals surface area contributed by atoms with Gasteiger partial charge in [0, 0.05) is 24.1 Å². The number of methoxy groups -OCH3 is 1. The molecular weight excluding hydrogens is 406 g/mol. The van der Waals surface area contributed by atoms with Crippen LogP contribution in [0, 0.1) is 10.1 Å². The smallest absolute Gasteiger partial charge is 0.350 e. The molecule has 12 heteroatoms. The van der Waals surface area contributed by atoms with Gasteiger partial charge in [0.25, 0.3) is 5.91 Å². The lowest BCUT2D eigenvalue weighted by Crippen LogP contribution is -2.24. The van der Waals surface area contributed by atoms with E-state index in [0.29, 0.717) is 23.6 Å². The molecule has 0 saturated heterocycles. The number of hydrogen-bond donors (Lipinski definition) is 2. The van der Waals surface area contributed by atoms with Gasteiger partial charge in [0.05, 0.1) is 12.0 Å². The minimum Gasteiger partial charge on any atom is -0.475 e. The monoisotopic (exact) mass is 427 g/mol. The van der Waals surface area contributed by atoms with Gasteiger partial charge in [0.15, 0.2) is 0 Å². The van der Waals surface area contributed by atoms with Gasteiger partial charge in [-0.05, 0) is 38.1 Å². The first-order valence-corrected chi connectivity index (χ1v) is 9.35. The highest BCUT2D eigenvalue weighted by atomic mass is 16.6. The van der Waals surface area contributed by atoms with Crippen LogP contribution in [0.5, 0.6) is 5.88 Å². The van der Waals surface area contributed by atoms with Crippen molar-refractivity contribution in [2.45, 2.75) is 26.4 Å². The average Bonchev–Trinajstić information content (AvgIpc) is 3.40. The van der Waals surface area contributed by atoms with Crippen LogP contribution in [0.4, 0.5) is 17.1 Å². The summed E-state index contributed by atoms with van der Waals surface area (Å²) in [5.74, 6) is -0.958. The molecular formula is C19H21N7O5. The van der Waals surface area contributed by atoms with Crippen LogP contribution in [-0.4, -0.2) is 43.4 Å². The van der Waals surface area contributed by atoms with Crippen molar-refractivity contribution in [1.82, 2.24) is 19.6 Å². The van der Waals surface area contributed by atoms with E-state index < -0.39 is 16.9 Å². The Bertz CT molecular complexity index is 1120. The first-order chi connectivity index (χ1) is 14.8. The lowest BCUT2D eigenvalue weighted by Gasteiger charge is -2.13. The van der Waals surface area contributed by atoms with Crippen molar-refractivity contribution in [2.24, 2.45) is 0 Å². The highest BCUT2D eigenvalue weighted by Gasteiger charge is 2.25. The number of rotatable bonds is 8. The van der Waals surface area contributed by atoms with E-state index in [1.54, 1.807) is 48.1 Å². The minimum absolute atomic E-state index is 0.180. The number of nitro groups is 1. The second kappa shape index (κ2) is 9.07. The molecule has 2 N–H and O–H groups in total. The first-order valence-electron chi connectivity index (χ1n) is 9.35. The van der Waals surface area contributed by atoms with Crippen molar-refractivity contribution in [1.29, 1.82) is 0 Å². The van der Waals surface area contributed by atoms with Crippen LogP contribution in [0.1, 0.15) is 30.4 Å². The number of ether oxygens (including phenoxy) is 1. The molecule has 2 amide bonds. The van der Waals surface area contributed by atoms with Gasteiger partial charge in [0.2, 0.25) is 5.91 Å². The summed E-state index contributed by atoms with van der Waals surface area (Å²) in [6.07, 6.45) is 2.68. The zero-order valence-electron chi connectivity index (χ0n) is 17.1. The number of nitrogens with one attached hydrogen (secondary N) is 2. The second-order valence-electron chi connectivity index (χ2n) is 6.49. The van der Waals surface area contributed by atoms with Gasteiger partial charge in [-0.25, -0.2) is 4.68 Å². The summed E-state index contributed by atoms with van der Waals surface area (Å²) >= 11 is 0. The quantitative estimate of drug-likeness (QED) is 0.415. The fourth-order valence-corrected chi connectivity index (χ4v) is 2.85. The second-order valence-corrected chi connectivity index (χ2v) is 6.49. The van der Waals surface area contributed by atoms with Crippen LogP contribution in [0.3, 0.4) is 0 Å². The van der Waals surface area contributed by atoms with Gasteiger partial charge >= 0.3 is 11.6 Å². The van der Waals surface area contributed by atoms with E-state index in [9.17, 15) is 19.7 Å². The summed E-state index contributed by atoms with van der Waals surface area (Å²) < 4.78 is 7.61. The van der Waals surface area contributed by atoms with Crippen molar-refractivity contribution in [3.05, 3.63) is 58.5 Å². The van der Waals surface area contributed by atoms with Crippen LogP contribution in [0.15, 0.2) is 42.7 Å². The summed E-state index contributed by atoms with van der Waals surface area (Å²) in [6.45, 7) is 3.98. The van der Waals surface area contributed by atoms with Gasteiger partial charge in [-0.15, -0.1) is 5.10 Å². The molecule has 0 fully saturated rings. The predicted octanol–water partition coefficient (Wildman–Crippen LogP) is 2.47. The van der Waals surface area contributed by atoms with E-state index >= 15 is 0 Å². The van der Waals surface area contributed by atoms with E-state index in [2.05, 4.69) is 20.8 Å². The number of anilines is 2. The van der Waals surface area contributed by atoms with Crippen molar-refractivity contribution in [3.8, 4) is 5.88 Å². The molecule has 162 valence electrons. The molecule has 3 rings (SSSR count). The lowest BCUT2D eigenvalue weighted by atomic mass is 10.2. The van der Waals surface area contributed by atoms with E-state index in [0.717, 1.165) is 10.9 Å². The Morgan fingerprint density at radius 2 is 1.97 bits per heavy atom. The Labute approximate surface area is 177 Å². The maximum atomic E-state index is 12.6. The Hall–Kier alpha value is -4.22. The third-order valence-corrected chi connectivity index (χ3v) is 4.48. The number of amides is 2. The predicted molar refractivity (Wildman–Crippen MR) is 111 cm³/mol. The third kappa shape index (κ3) is 4.69. The molecule has 2 aromatic heterocycles. The Kier molecular flexibility index (Phi) is 6.29. The SMILES string of the molecule is CCn1nccc1C(=O)Nc1cccc(NC(=O)C(C)n2cc([N+](=O)[O-])c(OC)n2)c1. The molecule has 0 spiro atoms. The summed E-state index contributed by atoms with van der Waals surface area (Å²) in [5.41, 5.74) is 1.00. The topological polar surface area (TPSA) is 146 Å². The van der Waals surface area contributed by atoms with Crippen LogP contribution in [-0.2, 0) is 11.3 Å². The summed E-state index contributed by atoms with van der Waals surface area (Å²) in [4.78, 5) is 35.5. The van der Waals surface area contributed by atoms with Crippen LogP contribution < -0.4 is 15.4 Å². The van der Waals surface area contributed by atoms with Gasteiger partial charge in [-0.3, -0.25) is 24.4 Å². The fraction of sp³-hybridized carbons (Fsp3) is 0.263. The molecule has 0 aliphatic heterocycles. The standard InChI is InChI=1S/C19H21N7O5/c1-4-24-15(8-9-20-24)18(28)22-14-7-5-6-13(10-14)21-17(27)12(2)25-11-16(26(29)30)19(23-25)31-3/h5-12H,4H2,1-3H3,(H,21,27)(H,22,28). The van der Waals surface area contributed by atoms with Crippen LogP contribution in [0.25, 0.3) is 0 Å². The molecule has 0 bridgehead atoms. The number of hydrogen-bond acceptors (Lipinski definition) is 7. The molecule has 0 radical (unpaired) electrons. The van der Waals surface area contributed by atoms with Gasteiger partial charge in [-0.1, -0.05) is 6.07 Å². The zero-order chi connectivity index (χ0) is 22.5. The zero-order valence-corrected chi connectivity index (χ0v) is 17.1. The van der Waals surface area contributed by atoms with Crippen molar-refractivity contribution < 1.29 is 19.2 Å². The molecule has 1 atom stereocenters. The number of nitrogens with zero attached hydrogens (tertiary/aromatic N) is 5. The van der Waals surface area contributed by atoms with Crippen molar-refractivity contribution >= 4 is 28.9 Å². The summed E-state index contributed by atoms with van der Waals surface area (Å²) in [6, 6.07) is 7.38. The molecule has 0 aliphatic carbocycles. The van der Waals surface area contributed by atoms with Crippen molar-refractivity contribution in [2.75, 3.05) is 17.7 Å². The Morgan fingerprint density at radius 1 is 1.26 bits per heavy atom. The molecule has 0 aliphatic rings. The van der Waals surface area contributed by atoms with E-state index in [4.69, 9.17) is 4.74 Å². The third-order valence-electron chi connectivity index (χ3n) is 4.48. The minimum atomic E-state index is -0.847. The van der Waals surface area contributed by atoms with E-state index in [1.165, 1.54) is 7.11 Å². The molecule has 2 heterocycles. The average molecular weight is 427 g/mol. The Balaban J connectivity index is 1.71. The van der Waals surface area contributed by atoms with Crippen LogP contribution in [0.2, 0.25) is 0 Å². The van der Waals surface area contributed by atoms with E-state index in [-0.39, 0.29) is 17.5 Å². The molecule has 1 unspecified atom stereocenters. The van der Waals surface area contributed by atoms with Crippen LogP contribution >= 0.6 is 0 Å². The summed E-state index contributed by atoms with van der Waals surface area (Å²) in [7, 11) is 1.26. The molecule has 12 nitrogen and oxygen atoms in total. The molecule has 3 aromatic rings. The highest BCUT2D eigenvalue weighted by molar-refractivity contribution is 6.03. The number of carbonyl (C=O) groups is 2. The van der Waals surface area contributed by atoms with Gasteiger partial charge in [-0.2, -0.15) is 5.10 Å². The van der Waals surface area contributed by atoms with Crippen molar-refractivity contribution in [3.63, 3.8) is 0 Å². The molecule has 1 aromatic carbocycles. The molecule has 31 heavy (non-hydrogen) atoms. The number of aryl methyl sites for hydroxylation is 1. The Morgan fingerprint density at radius 3 is 2.58 bits per heavy atom. The highest BCUT2D eigenvalue weighted by Crippen LogP contribution is 2.26. The first kappa shape index (κ1) is 21.5. The van der Waals surface area contributed by atoms with Gasteiger partial charge < -0.3 is 15.4 Å².